The van der Waals surface area contributed by atoms with Crippen molar-refractivity contribution < 1.29 is 23.4 Å². The maximum absolute atomic E-state index is 12.6. The van der Waals surface area contributed by atoms with Crippen LogP contribution in [0.25, 0.3) is 0 Å². The first-order chi connectivity index (χ1) is 18.3. The summed E-state index contributed by atoms with van der Waals surface area (Å²) in [6, 6.07) is 5.94. The molecule has 1 aromatic carbocycles. The Morgan fingerprint density at radius 2 is 1.69 bits per heavy atom. The first-order valence-electron chi connectivity index (χ1n) is 14.9. The maximum atomic E-state index is 12.6. The van der Waals surface area contributed by atoms with Gasteiger partial charge in [-0.3, -0.25) is 15.6 Å². The van der Waals surface area contributed by atoms with Crippen LogP contribution in [0.2, 0.25) is 0 Å². The number of benzene rings is 1. The van der Waals surface area contributed by atoms with Crippen molar-refractivity contribution in [1.29, 1.82) is 0 Å². The number of anilines is 1. The van der Waals surface area contributed by atoms with Gasteiger partial charge in [0.1, 0.15) is 0 Å². The summed E-state index contributed by atoms with van der Waals surface area (Å²) in [5.74, 6) is 2.70. The third-order valence-corrected chi connectivity index (χ3v) is 12.7. The molecule has 4 saturated carbocycles. The van der Waals surface area contributed by atoms with Gasteiger partial charge in [0, 0.05) is 6.42 Å². The summed E-state index contributed by atoms with van der Waals surface area (Å²) in [4.78, 5) is 12.6. The smallest absolute Gasteiger partial charge is 0.238 e. The van der Waals surface area contributed by atoms with E-state index in [-0.39, 0.29) is 33.8 Å². The molecule has 4 aliphatic carbocycles. The number of nitrogens with one attached hydrogen (secondary N) is 2. The summed E-state index contributed by atoms with van der Waals surface area (Å²) in [6.07, 6.45) is 9.06. The highest BCUT2D eigenvalue weighted by Crippen LogP contribution is 2.68. The number of hydrazine groups is 1. The van der Waals surface area contributed by atoms with Crippen LogP contribution in [0.15, 0.2) is 29.2 Å². The van der Waals surface area contributed by atoms with Crippen LogP contribution in [-0.4, -0.2) is 36.7 Å². The van der Waals surface area contributed by atoms with Gasteiger partial charge in [0.05, 0.1) is 22.8 Å². The number of hydrogen-bond acceptors (Lipinski definition) is 6. The Balaban J connectivity index is 1.17. The van der Waals surface area contributed by atoms with Crippen LogP contribution >= 0.6 is 0 Å². The van der Waals surface area contributed by atoms with Gasteiger partial charge in [-0.2, -0.15) is 0 Å². The molecule has 0 saturated heterocycles. The fourth-order valence-electron chi connectivity index (χ4n) is 9.67. The molecular weight excluding hydrogens is 514 g/mol. The molecule has 1 aromatic rings. The lowest BCUT2D eigenvalue weighted by atomic mass is 9.43. The predicted molar refractivity (Wildman–Crippen MR) is 151 cm³/mol. The predicted octanol–water partition coefficient (Wildman–Crippen LogP) is 4.18. The summed E-state index contributed by atoms with van der Waals surface area (Å²) in [5.41, 5.74) is 6.59. The SMILES string of the molecule is C[C@H](CCC(=O)NNc1ccc(S(N)(=O)=O)cc1)[C@H]1CC[C@H]2[C@@H]3[C@@H](O)C[C@@H]4C[C@H](O)CC[C@]4(C)[C@H]3CC[C@]12C. The number of amides is 1. The Morgan fingerprint density at radius 1 is 1.03 bits per heavy atom. The average Bonchev–Trinajstić information content (AvgIpc) is 3.24. The van der Waals surface area contributed by atoms with Gasteiger partial charge in [0.15, 0.2) is 0 Å². The highest BCUT2D eigenvalue weighted by molar-refractivity contribution is 7.89. The molecule has 218 valence electrons. The molecule has 6 N–H and O–H groups in total. The largest absolute Gasteiger partial charge is 0.393 e. The number of primary sulfonamides is 1. The second kappa shape index (κ2) is 10.6. The van der Waals surface area contributed by atoms with Crippen LogP contribution in [0.3, 0.4) is 0 Å². The molecule has 0 heterocycles. The number of aliphatic hydroxyl groups excluding tert-OH is 2. The van der Waals surface area contributed by atoms with Crippen molar-refractivity contribution in [3.63, 3.8) is 0 Å². The average molecular weight is 562 g/mol. The molecule has 5 rings (SSSR count). The van der Waals surface area contributed by atoms with Crippen molar-refractivity contribution in [1.82, 2.24) is 5.43 Å². The lowest BCUT2D eigenvalue weighted by Gasteiger charge is -2.62. The van der Waals surface area contributed by atoms with Gasteiger partial charge in [-0.15, -0.1) is 0 Å². The molecule has 0 radical (unpaired) electrons. The Kier molecular flexibility index (Phi) is 7.85. The van der Waals surface area contributed by atoms with E-state index in [2.05, 4.69) is 31.6 Å². The number of nitrogens with two attached hydrogens (primary N) is 1. The molecule has 0 bridgehead atoms. The quantitative estimate of drug-likeness (QED) is 0.316. The lowest BCUT2D eigenvalue weighted by molar-refractivity contribution is -0.174. The molecule has 0 aromatic heterocycles. The number of sulfonamides is 1. The Hall–Kier alpha value is -1.68. The molecule has 8 nitrogen and oxygen atoms in total. The van der Waals surface area contributed by atoms with E-state index in [1.165, 1.54) is 18.6 Å². The zero-order chi connectivity index (χ0) is 28.2. The molecule has 10 atom stereocenters. The van der Waals surface area contributed by atoms with Crippen molar-refractivity contribution in [3.05, 3.63) is 24.3 Å². The maximum Gasteiger partial charge on any atom is 0.238 e. The molecule has 0 unspecified atom stereocenters. The van der Waals surface area contributed by atoms with Crippen molar-refractivity contribution in [2.45, 2.75) is 102 Å². The van der Waals surface area contributed by atoms with E-state index in [0.29, 0.717) is 47.6 Å². The van der Waals surface area contributed by atoms with Crippen molar-refractivity contribution >= 4 is 21.6 Å². The van der Waals surface area contributed by atoms with E-state index in [1.807, 2.05) is 0 Å². The number of hydrogen-bond donors (Lipinski definition) is 5. The molecule has 4 aliphatic rings. The zero-order valence-corrected chi connectivity index (χ0v) is 24.4. The highest BCUT2D eigenvalue weighted by Gasteiger charge is 2.62. The molecular formula is C30H47N3O5S. The third-order valence-electron chi connectivity index (χ3n) is 11.8. The minimum Gasteiger partial charge on any atom is -0.393 e. The molecule has 9 heteroatoms. The van der Waals surface area contributed by atoms with Crippen molar-refractivity contribution in [2.75, 3.05) is 5.43 Å². The summed E-state index contributed by atoms with van der Waals surface area (Å²) >= 11 is 0. The first kappa shape index (κ1) is 28.8. The van der Waals surface area contributed by atoms with Gasteiger partial charge in [0.2, 0.25) is 15.9 Å². The minimum absolute atomic E-state index is 0.0257. The molecule has 0 spiro atoms. The lowest BCUT2D eigenvalue weighted by Crippen LogP contribution is -2.58. The van der Waals surface area contributed by atoms with Crippen LogP contribution in [-0.2, 0) is 14.8 Å². The number of rotatable bonds is 7. The topological polar surface area (TPSA) is 142 Å². The third kappa shape index (κ3) is 5.36. The second-order valence-corrected chi connectivity index (χ2v) is 15.3. The van der Waals surface area contributed by atoms with Gasteiger partial charge in [0.25, 0.3) is 0 Å². The summed E-state index contributed by atoms with van der Waals surface area (Å²) in [5, 5.41) is 26.9. The van der Waals surface area contributed by atoms with Crippen LogP contribution in [0.5, 0.6) is 0 Å². The van der Waals surface area contributed by atoms with E-state index >= 15 is 0 Å². The summed E-state index contributed by atoms with van der Waals surface area (Å²) < 4.78 is 22.8. The van der Waals surface area contributed by atoms with E-state index in [4.69, 9.17) is 5.14 Å². The monoisotopic (exact) mass is 561 g/mol. The fraction of sp³-hybridized carbons (Fsp3) is 0.767. The molecule has 0 aliphatic heterocycles. The first-order valence-corrected chi connectivity index (χ1v) is 16.4. The van der Waals surface area contributed by atoms with E-state index in [1.54, 1.807) is 12.1 Å². The number of carbonyl (C=O) groups excluding carboxylic acids is 1. The van der Waals surface area contributed by atoms with Crippen molar-refractivity contribution in [3.8, 4) is 0 Å². The Bertz CT molecular complexity index is 1160. The fourth-order valence-corrected chi connectivity index (χ4v) is 10.2. The van der Waals surface area contributed by atoms with Gasteiger partial charge in [-0.1, -0.05) is 20.8 Å². The molecule has 39 heavy (non-hydrogen) atoms. The standard InChI is InChI=1S/C30H47N3O5S/c1-18(4-11-27(36)33-32-20-5-7-22(8-6-20)39(31,37)38)23-9-10-24-28-25(13-15-30(23,24)3)29(2)14-12-21(34)16-19(29)17-26(28)35/h5-8,18-19,21,23-26,28,32,34-35H,4,9-17H2,1-3H3,(H,33,36)(H2,31,37,38)/t18-,19+,21-,23-,24+,25+,26+,28+,29+,30-/m1/s1. The number of aliphatic hydroxyl groups is 2. The zero-order valence-electron chi connectivity index (χ0n) is 23.6. The van der Waals surface area contributed by atoms with Crippen LogP contribution in [0.4, 0.5) is 5.69 Å². The van der Waals surface area contributed by atoms with Gasteiger partial charge in [-0.05, 0) is 128 Å². The van der Waals surface area contributed by atoms with Crippen LogP contribution < -0.4 is 16.0 Å². The van der Waals surface area contributed by atoms with E-state index in [0.717, 1.165) is 51.4 Å². The molecule has 1 amide bonds. The highest BCUT2D eigenvalue weighted by atomic mass is 32.2. The van der Waals surface area contributed by atoms with Crippen molar-refractivity contribution in [2.24, 2.45) is 51.5 Å². The number of carbonyl (C=O) groups is 1. The Morgan fingerprint density at radius 3 is 2.38 bits per heavy atom. The number of fused-ring (bicyclic) bond motifs is 5. The van der Waals surface area contributed by atoms with Gasteiger partial charge in [-0.25, -0.2) is 13.6 Å². The Labute approximate surface area is 233 Å². The van der Waals surface area contributed by atoms with Crippen LogP contribution in [0.1, 0.15) is 85.0 Å². The van der Waals surface area contributed by atoms with E-state index < -0.39 is 10.0 Å². The summed E-state index contributed by atoms with van der Waals surface area (Å²) in [7, 11) is -3.75. The van der Waals surface area contributed by atoms with Crippen LogP contribution in [0, 0.1) is 46.3 Å². The van der Waals surface area contributed by atoms with E-state index in [9.17, 15) is 23.4 Å². The summed E-state index contributed by atoms with van der Waals surface area (Å²) in [6.45, 7) is 7.20. The minimum atomic E-state index is -3.75. The van der Waals surface area contributed by atoms with Gasteiger partial charge >= 0.3 is 0 Å². The second-order valence-electron chi connectivity index (χ2n) is 13.7. The normalized spacial score (nSPS) is 40.6. The molecule has 4 fully saturated rings. The van der Waals surface area contributed by atoms with Gasteiger partial charge < -0.3 is 10.2 Å².